The molecule has 3 N–H and O–H groups in total. The third kappa shape index (κ3) is 4.12. The average Bonchev–Trinajstić information content (AvgIpc) is 3.50. The van der Waals surface area contributed by atoms with E-state index in [4.69, 9.17) is 4.74 Å². The van der Waals surface area contributed by atoms with Gasteiger partial charge in [0.15, 0.2) is 0 Å². The number of carbonyl (C=O) groups is 1. The second-order valence-corrected chi connectivity index (χ2v) is 9.77. The monoisotopic (exact) mass is 436 g/mol. The second-order valence-electron chi connectivity index (χ2n) is 9.77. The first-order chi connectivity index (χ1) is 15.2. The molecule has 0 aliphatic heterocycles. The molecule has 1 atom stereocenters. The number of aliphatic hydroxyl groups excluding tert-OH is 2. The van der Waals surface area contributed by atoms with E-state index in [-0.39, 0.29) is 17.9 Å². The molecule has 1 heterocycles. The maximum atomic E-state index is 13.2. The van der Waals surface area contributed by atoms with Crippen LogP contribution in [0.1, 0.15) is 44.9 Å². The first kappa shape index (κ1) is 22.4. The molecule has 0 bridgehead atoms. The quantitative estimate of drug-likeness (QED) is 0.523. The van der Waals surface area contributed by atoms with Crippen LogP contribution in [0.2, 0.25) is 0 Å². The van der Waals surface area contributed by atoms with Gasteiger partial charge in [-0.15, -0.1) is 0 Å². The van der Waals surface area contributed by atoms with E-state index in [1.54, 1.807) is 7.11 Å². The molecular weight excluding hydrogens is 404 g/mol. The minimum atomic E-state index is -0.830. The zero-order valence-electron chi connectivity index (χ0n) is 19.2. The number of anilines is 1. The largest absolute Gasteiger partial charge is 0.497 e. The second kappa shape index (κ2) is 8.26. The van der Waals surface area contributed by atoms with Gasteiger partial charge in [-0.3, -0.25) is 4.79 Å². The zero-order chi connectivity index (χ0) is 23.1. The Morgan fingerprint density at radius 2 is 1.94 bits per heavy atom. The molecule has 0 saturated heterocycles. The maximum absolute atomic E-state index is 13.2. The Bertz CT molecular complexity index is 1140. The molecule has 6 heteroatoms. The molecule has 170 valence electrons. The number of aliphatic hydroxyl groups is 2. The van der Waals surface area contributed by atoms with Crippen LogP contribution in [0.4, 0.5) is 5.69 Å². The highest BCUT2D eigenvalue weighted by Gasteiger charge is 2.51. The summed E-state index contributed by atoms with van der Waals surface area (Å²) in [4.78, 5) is 13.2. The topological polar surface area (TPSA) is 83.7 Å². The van der Waals surface area contributed by atoms with E-state index in [9.17, 15) is 15.0 Å². The van der Waals surface area contributed by atoms with Crippen LogP contribution < -0.4 is 10.1 Å². The summed E-state index contributed by atoms with van der Waals surface area (Å²) in [6.45, 7) is 6.39. The summed E-state index contributed by atoms with van der Waals surface area (Å²) in [6.07, 6.45) is 0.805. The molecule has 0 spiro atoms. The van der Waals surface area contributed by atoms with Gasteiger partial charge in [0.25, 0.3) is 0 Å². The molecule has 1 saturated carbocycles. The summed E-state index contributed by atoms with van der Waals surface area (Å²) in [5, 5.41) is 23.5. The summed E-state index contributed by atoms with van der Waals surface area (Å²) in [6, 6.07) is 15.7. The fourth-order valence-corrected chi connectivity index (χ4v) is 4.38. The van der Waals surface area contributed by atoms with Crippen molar-refractivity contribution in [2.75, 3.05) is 19.0 Å². The Labute approximate surface area is 188 Å². The molecule has 0 radical (unpaired) electrons. The summed E-state index contributed by atoms with van der Waals surface area (Å²) >= 11 is 0. The number of carbonyl (C=O) groups excluding carboxylic acids is 1. The summed E-state index contributed by atoms with van der Waals surface area (Å²) < 4.78 is 7.39. The van der Waals surface area contributed by atoms with Crippen LogP contribution in [-0.2, 0) is 22.2 Å². The van der Waals surface area contributed by atoms with Crippen molar-refractivity contribution in [1.82, 2.24) is 4.57 Å². The van der Waals surface area contributed by atoms with E-state index in [0.717, 1.165) is 46.4 Å². The standard InChI is InChI=1S/C26H32N2O4/c1-25(2,3)23-13-17-12-19(8-9-22(17)28(23)15-20(30)16-29)27-24(31)26(10-11-26)18-6-5-7-21(14-18)32-4/h5-9,12-14,20,29-30H,10-11,15-16H2,1-4H3,(H,27,31)/t20-/m1/s1. The molecule has 4 rings (SSSR count). The summed E-state index contributed by atoms with van der Waals surface area (Å²) in [7, 11) is 1.63. The Morgan fingerprint density at radius 3 is 2.56 bits per heavy atom. The van der Waals surface area contributed by atoms with Crippen LogP contribution in [0.5, 0.6) is 5.75 Å². The molecule has 1 aromatic heterocycles. The van der Waals surface area contributed by atoms with Gasteiger partial charge in [0, 0.05) is 27.7 Å². The number of hydrogen-bond donors (Lipinski definition) is 3. The molecular formula is C26H32N2O4. The van der Waals surface area contributed by atoms with Crippen LogP contribution in [0.15, 0.2) is 48.5 Å². The van der Waals surface area contributed by atoms with Crippen LogP contribution >= 0.6 is 0 Å². The van der Waals surface area contributed by atoms with Gasteiger partial charge in [-0.25, -0.2) is 0 Å². The summed E-state index contributed by atoms with van der Waals surface area (Å²) in [5.41, 5.74) is 3.12. The zero-order valence-corrected chi connectivity index (χ0v) is 19.2. The van der Waals surface area contributed by atoms with Gasteiger partial charge in [0.2, 0.25) is 5.91 Å². The Balaban J connectivity index is 1.63. The Kier molecular flexibility index (Phi) is 5.77. The normalized spacial score (nSPS) is 16.1. The fourth-order valence-electron chi connectivity index (χ4n) is 4.38. The third-order valence-corrected chi connectivity index (χ3v) is 6.34. The Morgan fingerprint density at radius 1 is 1.19 bits per heavy atom. The van der Waals surface area contributed by atoms with Crippen molar-refractivity contribution in [3.8, 4) is 5.75 Å². The van der Waals surface area contributed by atoms with Crippen molar-refractivity contribution in [3.05, 3.63) is 59.8 Å². The molecule has 2 aromatic carbocycles. The summed E-state index contributed by atoms with van der Waals surface area (Å²) in [5.74, 6) is 0.750. The van der Waals surface area contributed by atoms with E-state index < -0.39 is 11.5 Å². The highest BCUT2D eigenvalue weighted by molar-refractivity contribution is 6.02. The first-order valence-corrected chi connectivity index (χ1v) is 11.1. The number of benzene rings is 2. The lowest BCUT2D eigenvalue weighted by molar-refractivity contribution is -0.118. The highest BCUT2D eigenvalue weighted by Crippen LogP contribution is 2.49. The maximum Gasteiger partial charge on any atom is 0.235 e. The van der Waals surface area contributed by atoms with Crippen LogP contribution in [0.3, 0.4) is 0 Å². The van der Waals surface area contributed by atoms with E-state index in [0.29, 0.717) is 6.54 Å². The number of fused-ring (bicyclic) bond motifs is 1. The first-order valence-electron chi connectivity index (χ1n) is 11.1. The smallest absolute Gasteiger partial charge is 0.235 e. The predicted octanol–water partition coefficient (Wildman–Crippen LogP) is 3.97. The molecule has 1 fully saturated rings. The van der Waals surface area contributed by atoms with Crippen molar-refractivity contribution in [2.45, 2.75) is 57.1 Å². The van der Waals surface area contributed by atoms with E-state index in [2.05, 4.69) is 36.7 Å². The number of ether oxygens (including phenoxy) is 1. The number of amides is 1. The average molecular weight is 437 g/mol. The molecule has 1 amide bonds. The molecule has 3 aromatic rings. The lowest BCUT2D eigenvalue weighted by Crippen LogP contribution is -2.27. The van der Waals surface area contributed by atoms with E-state index in [1.807, 2.05) is 42.5 Å². The Hall–Kier alpha value is -2.83. The van der Waals surface area contributed by atoms with Gasteiger partial charge >= 0.3 is 0 Å². The number of nitrogens with one attached hydrogen (secondary N) is 1. The van der Waals surface area contributed by atoms with Gasteiger partial charge in [-0.05, 0) is 54.8 Å². The fraction of sp³-hybridized carbons (Fsp3) is 0.423. The van der Waals surface area contributed by atoms with Crippen LogP contribution in [0, 0.1) is 0 Å². The van der Waals surface area contributed by atoms with Crippen molar-refractivity contribution in [3.63, 3.8) is 0 Å². The number of hydrogen-bond acceptors (Lipinski definition) is 4. The van der Waals surface area contributed by atoms with E-state index in [1.165, 1.54) is 0 Å². The van der Waals surface area contributed by atoms with E-state index >= 15 is 0 Å². The van der Waals surface area contributed by atoms with Crippen LogP contribution in [-0.4, -0.2) is 40.5 Å². The minimum Gasteiger partial charge on any atom is -0.497 e. The van der Waals surface area contributed by atoms with Gasteiger partial charge in [0.05, 0.1) is 31.8 Å². The molecule has 1 aliphatic rings. The minimum absolute atomic E-state index is 0.00344. The van der Waals surface area contributed by atoms with Crippen LogP contribution in [0.25, 0.3) is 10.9 Å². The number of methoxy groups -OCH3 is 1. The van der Waals surface area contributed by atoms with Gasteiger partial charge in [-0.1, -0.05) is 32.9 Å². The molecule has 6 nitrogen and oxygen atoms in total. The lowest BCUT2D eigenvalue weighted by atomic mass is 9.92. The lowest BCUT2D eigenvalue weighted by Gasteiger charge is -2.23. The van der Waals surface area contributed by atoms with Crippen molar-refractivity contribution in [1.29, 1.82) is 0 Å². The van der Waals surface area contributed by atoms with Gasteiger partial charge < -0.3 is 24.8 Å². The number of aromatic nitrogens is 1. The van der Waals surface area contributed by atoms with Crippen molar-refractivity contribution >= 4 is 22.5 Å². The SMILES string of the molecule is COc1cccc(C2(C(=O)Nc3ccc4c(c3)cc(C(C)(C)C)n4C[C@@H](O)CO)CC2)c1. The van der Waals surface area contributed by atoms with Crippen molar-refractivity contribution < 1.29 is 19.7 Å². The molecule has 32 heavy (non-hydrogen) atoms. The van der Waals surface area contributed by atoms with Gasteiger partial charge in [-0.2, -0.15) is 0 Å². The highest BCUT2D eigenvalue weighted by atomic mass is 16.5. The number of nitrogens with zero attached hydrogens (tertiary/aromatic N) is 1. The van der Waals surface area contributed by atoms with Gasteiger partial charge in [0.1, 0.15) is 5.75 Å². The third-order valence-electron chi connectivity index (χ3n) is 6.34. The number of rotatable bonds is 7. The molecule has 1 aliphatic carbocycles. The predicted molar refractivity (Wildman–Crippen MR) is 126 cm³/mol. The molecule has 0 unspecified atom stereocenters. The van der Waals surface area contributed by atoms with Crippen molar-refractivity contribution in [2.24, 2.45) is 0 Å².